The summed E-state index contributed by atoms with van der Waals surface area (Å²) in [6.45, 7) is 1.76. The Kier molecular flexibility index (Phi) is 5.26. The molecule has 0 spiro atoms. The number of halogens is 1. The van der Waals surface area contributed by atoms with Crippen LogP contribution in [0.4, 0.5) is 4.39 Å². The van der Waals surface area contributed by atoms with E-state index in [1.165, 1.54) is 31.6 Å². The molecular weight excluding hydrogens is 305 g/mol. The van der Waals surface area contributed by atoms with E-state index in [-0.39, 0.29) is 11.8 Å². The highest BCUT2D eigenvalue weighted by Crippen LogP contribution is 2.28. The van der Waals surface area contributed by atoms with E-state index in [1.807, 2.05) is 18.2 Å². The molecule has 24 heavy (non-hydrogen) atoms. The van der Waals surface area contributed by atoms with E-state index >= 15 is 0 Å². The molecule has 0 heterocycles. The number of hydrogen-bond acceptors (Lipinski definition) is 3. The van der Waals surface area contributed by atoms with Gasteiger partial charge in [-0.1, -0.05) is 24.3 Å². The number of methoxy groups -OCH3 is 1. The molecule has 0 amide bonds. The van der Waals surface area contributed by atoms with Crippen LogP contribution in [0.15, 0.2) is 48.5 Å². The zero-order valence-corrected chi connectivity index (χ0v) is 13.9. The molecule has 0 N–H and O–H groups in total. The number of benzene rings is 2. The molecule has 1 aliphatic carbocycles. The molecule has 1 aliphatic rings. The third kappa shape index (κ3) is 4.42. The quantitative estimate of drug-likeness (QED) is 0.724. The van der Waals surface area contributed by atoms with Crippen molar-refractivity contribution in [3.8, 4) is 0 Å². The number of rotatable bonds is 7. The summed E-state index contributed by atoms with van der Waals surface area (Å²) in [4.78, 5) is 13.9. The standard InChI is InChI=1S/C20H22FNO2/c1-24-20(23)17-7-5-16(6-8-17)14-22(19-9-10-19)12-11-15-3-2-4-18(21)13-15/h2-8,13,19H,9-12,14H2,1H3. The van der Waals surface area contributed by atoms with Crippen LogP contribution in [0.25, 0.3) is 0 Å². The largest absolute Gasteiger partial charge is 0.465 e. The first-order valence-corrected chi connectivity index (χ1v) is 8.31. The van der Waals surface area contributed by atoms with Gasteiger partial charge in [0.2, 0.25) is 0 Å². The second-order valence-electron chi connectivity index (χ2n) is 6.27. The van der Waals surface area contributed by atoms with Gasteiger partial charge in [0.05, 0.1) is 12.7 Å². The molecule has 2 aromatic rings. The van der Waals surface area contributed by atoms with Crippen LogP contribution in [0, 0.1) is 5.82 Å². The monoisotopic (exact) mass is 327 g/mol. The van der Waals surface area contributed by atoms with Crippen LogP contribution in [0.2, 0.25) is 0 Å². The van der Waals surface area contributed by atoms with E-state index in [0.717, 1.165) is 25.1 Å². The van der Waals surface area contributed by atoms with Crippen LogP contribution >= 0.6 is 0 Å². The maximum absolute atomic E-state index is 13.3. The molecular formula is C20H22FNO2. The molecule has 3 nitrogen and oxygen atoms in total. The van der Waals surface area contributed by atoms with Crippen LogP contribution in [-0.4, -0.2) is 30.6 Å². The summed E-state index contributed by atoms with van der Waals surface area (Å²) in [7, 11) is 1.39. The van der Waals surface area contributed by atoms with Gasteiger partial charge in [0, 0.05) is 19.1 Å². The fourth-order valence-corrected chi connectivity index (χ4v) is 2.89. The maximum atomic E-state index is 13.3. The Morgan fingerprint density at radius 3 is 2.54 bits per heavy atom. The van der Waals surface area contributed by atoms with Crippen LogP contribution in [-0.2, 0) is 17.7 Å². The van der Waals surface area contributed by atoms with Crippen LogP contribution in [0.3, 0.4) is 0 Å². The Balaban J connectivity index is 1.61. The predicted octanol–water partition coefficient (Wildman–Crippen LogP) is 3.82. The zero-order chi connectivity index (χ0) is 16.9. The number of carbonyl (C=O) groups is 1. The fourth-order valence-electron chi connectivity index (χ4n) is 2.89. The highest BCUT2D eigenvalue weighted by molar-refractivity contribution is 5.89. The molecule has 0 atom stereocenters. The number of nitrogens with zero attached hydrogens (tertiary/aromatic N) is 1. The Hall–Kier alpha value is -2.20. The predicted molar refractivity (Wildman–Crippen MR) is 91.3 cm³/mol. The number of ether oxygens (including phenoxy) is 1. The van der Waals surface area contributed by atoms with Gasteiger partial charge in [-0.2, -0.15) is 0 Å². The van der Waals surface area contributed by atoms with Gasteiger partial charge < -0.3 is 4.74 Å². The summed E-state index contributed by atoms with van der Waals surface area (Å²) in [5, 5.41) is 0. The minimum Gasteiger partial charge on any atom is -0.465 e. The van der Waals surface area contributed by atoms with Crippen molar-refractivity contribution in [3.05, 3.63) is 71.0 Å². The highest BCUT2D eigenvalue weighted by Gasteiger charge is 2.28. The summed E-state index contributed by atoms with van der Waals surface area (Å²) in [6.07, 6.45) is 3.29. The minimum absolute atomic E-state index is 0.177. The van der Waals surface area contributed by atoms with Gasteiger partial charge in [-0.3, -0.25) is 4.90 Å². The SMILES string of the molecule is COC(=O)c1ccc(CN(CCc2cccc(F)c2)C2CC2)cc1. The maximum Gasteiger partial charge on any atom is 0.337 e. The first kappa shape index (κ1) is 16.7. The van der Waals surface area contributed by atoms with Gasteiger partial charge in [0.25, 0.3) is 0 Å². The molecule has 0 bridgehead atoms. The fraction of sp³-hybridized carbons (Fsp3) is 0.350. The molecule has 0 unspecified atom stereocenters. The normalized spacial score (nSPS) is 14.0. The van der Waals surface area contributed by atoms with Gasteiger partial charge in [-0.15, -0.1) is 0 Å². The zero-order valence-electron chi connectivity index (χ0n) is 13.9. The van der Waals surface area contributed by atoms with Crippen LogP contribution in [0.1, 0.15) is 34.3 Å². The Morgan fingerprint density at radius 2 is 1.92 bits per heavy atom. The van der Waals surface area contributed by atoms with E-state index in [1.54, 1.807) is 24.3 Å². The van der Waals surface area contributed by atoms with Crippen molar-refractivity contribution in [1.82, 2.24) is 4.90 Å². The molecule has 1 fully saturated rings. The molecule has 3 rings (SSSR count). The van der Waals surface area contributed by atoms with Gasteiger partial charge in [-0.25, -0.2) is 9.18 Å². The topological polar surface area (TPSA) is 29.5 Å². The van der Waals surface area contributed by atoms with E-state index in [2.05, 4.69) is 4.90 Å². The van der Waals surface area contributed by atoms with Gasteiger partial charge in [0.15, 0.2) is 0 Å². The summed E-state index contributed by atoms with van der Waals surface area (Å²) in [6, 6.07) is 15.0. The van der Waals surface area contributed by atoms with E-state index in [4.69, 9.17) is 4.74 Å². The van der Waals surface area contributed by atoms with Crippen LogP contribution < -0.4 is 0 Å². The first-order valence-electron chi connectivity index (χ1n) is 8.31. The molecule has 0 saturated heterocycles. The van der Waals surface area contributed by atoms with E-state index in [9.17, 15) is 9.18 Å². The number of esters is 1. The van der Waals surface area contributed by atoms with E-state index < -0.39 is 0 Å². The van der Waals surface area contributed by atoms with Crippen molar-refractivity contribution in [2.24, 2.45) is 0 Å². The Morgan fingerprint density at radius 1 is 1.17 bits per heavy atom. The molecule has 0 aliphatic heterocycles. The third-order valence-electron chi connectivity index (χ3n) is 4.40. The van der Waals surface area contributed by atoms with Crippen molar-refractivity contribution in [2.45, 2.75) is 31.8 Å². The number of carbonyl (C=O) groups excluding carboxylic acids is 1. The summed E-state index contributed by atoms with van der Waals surface area (Å²) in [5.41, 5.74) is 2.77. The summed E-state index contributed by atoms with van der Waals surface area (Å²) in [5.74, 6) is -0.490. The van der Waals surface area contributed by atoms with Crippen LogP contribution in [0.5, 0.6) is 0 Å². The molecule has 4 heteroatoms. The minimum atomic E-state index is -0.313. The lowest BCUT2D eigenvalue weighted by atomic mass is 10.1. The van der Waals surface area contributed by atoms with Crippen molar-refractivity contribution >= 4 is 5.97 Å². The Bertz CT molecular complexity index is 695. The molecule has 0 radical (unpaired) electrons. The number of hydrogen-bond donors (Lipinski definition) is 0. The van der Waals surface area contributed by atoms with Gasteiger partial charge >= 0.3 is 5.97 Å². The van der Waals surface area contributed by atoms with Crippen molar-refractivity contribution < 1.29 is 13.9 Å². The van der Waals surface area contributed by atoms with Gasteiger partial charge in [-0.05, 0) is 54.7 Å². The second-order valence-corrected chi connectivity index (χ2v) is 6.27. The first-order chi connectivity index (χ1) is 11.7. The summed E-state index contributed by atoms with van der Waals surface area (Å²) < 4.78 is 18.0. The lowest BCUT2D eigenvalue weighted by molar-refractivity contribution is 0.0600. The van der Waals surface area contributed by atoms with Crippen molar-refractivity contribution in [3.63, 3.8) is 0 Å². The Labute approximate surface area is 142 Å². The smallest absolute Gasteiger partial charge is 0.337 e. The van der Waals surface area contributed by atoms with Crippen molar-refractivity contribution in [1.29, 1.82) is 0 Å². The summed E-state index contributed by atoms with van der Waals surface area (Å²) >= 11 is 0. The lowest BCUT2D eigenvalue weighted by Gasteiger charge is -2.22. The highest BCUT2D eigenvalue weighted by atomic mass is 19.1. The van der Waals surface area contributed by atoms with E-state index in [0.29, 0.717) is 11.6 Å². The third-order valence-corrected chi connectivity index (χ3v) is 4.40. The van der Waals surface area contributed by atoms with Crippen molar-refractivity contribution in [2.75, 3.05) is 13.7 Å². The van der Waals surface area contributed by atoms with Gasteiger partial charge in [0.1, 0.15) is 5.82 Å². The average molecular weight is 327 g/mol. The molecule has 0 aromatic heterocycles. The lowest BCUT2D eigenvalue weighted by Crippen LogP contribution is -2.28. The average Bonchev–Trinajstić information content (AvgIpc) is 3.43. The molecule has 1 saturated carbocycles. The molecule has 2 aromatic carbocycles. The second kappa shape index (κ2) is 7.58. The molecule has 126 valence electrons.